The van der Waals surface area contributed by atoms with Crippen LogP contribution in [0, 0.1) is 0 Å². The SMILES string of the molecule is CC(C)[Si](O)(C(C)C)C(c1ccccc1)c1ccccc1. The molecule has 0 saturated carbocycles. The third-order valence-corrected chi connectivity index (χ3v) is 9.87. The van der Waals surface area contributed by atoms with E-state index in [1.807, 2.05) is 12.1 Å². The maximum absolute atomic E-state index is 11.7. The summed E-state index contributed by atoms with van der Waals surface area (Å²) in [7, 11) is -2.52. The van der Waals surface area contributed by atoms with Crippen molar-refractivity contribution in [1.82, 2.24) is 0 Å². The monoisotopic (exact) mass is 298 g/mol. The highest BCUT2D eigenvalue weighted by atomic mass is 28.4. The summed E-state index contributed by atoms with van der Waals surface area (Å²) in [5, 5.41) is 0. The molecular formula is C19H26OSi. The van der Waals surface area contributed by atoms with Crippen LogP contribution in [0.3, 0.4) is 0 Å². The molecule has 0 heterocycles. The Balaban J connectivity index is 2.61. The summed E-state index contributed by atoms with van der Waals surface area (Å²) < 4.78 is 0. The van der Waals surface area contributed by atoms with Crippen molar-refractivity contribution in [2.45, 2.75) is 44.3 Å². The molecule has 0 fully saturated rings. The molecule has 0 aliphatic heterocycles. The largest absolute Gasteiger partial charge is 0.430 e. The summed E-state index contributed by atoms with van der Waals surface area (Å²) in [6, 6.07) is 21.0. The third kappa shape index (κ3) is 3.12. The number of benzene rings is 2. The van der Waals surface area contributed by atoms with Gasteiger partial charge in [-0.3, -0.25) is 0 Å². The minimum absolute atomic E-state index is 0.125. The fraction of sp³-hybridized carbons (Fsp3) is 0.368. The van der Waals surface area contributed by atoms with Gasteiger partial charge in [-0.25, -0.2) is 0 Å². The van der Waals surface area contributed by atoms with E-state index in [1.54, 1.807) is 0 Å². The lowest BCUT2D eigenvalue weighted by molar-refractivity contribution is 0.478. The van der Waals surface area contributed by atoms with Crippen molar-refractivity contribution in [3.05, 3.63) is 71.8 Å². The summed E-state index contributed by atoms with van der Waals surface area (Å²) in [6.07, 6.45) is 0. The van der Waals surface area contributed by atoms with Gasteiger partial charge in [-0.2, -0.15) is 0 Å². The van der Waals surface area contributed by atoms with Gasteiger partial charge >= 0.3 is 0 Å². The van der Waals surface area contributed by atoms with E-state index >= 15 is 0 Å². The number of rotatable bonds is 5. The van der Waals surface area contributed by atoms with E-state index < -0.39 is 8.32 Å². The van der Waals surface area contributed by atoms with Gasteiger partial charge in [0.05, 0.1) is 0 Å². The lowest BCUT2D eigenvalue weighted by Gasteiger charge is -2.41. The van der Waals surface area contributed by atoms with Gasteiger partial charge in [0.15, 0.2) is 0 Å². The fourth-order valence-electron chi connectivity index (χ4n) is 3.35. The van der Waals surface area contributed by atoms with Crippen molar-refractivity contribution in [3.8, 4) is 0 Å². The van der Waals surface area contributed by atoms with Gasteiger partial charge in [0.2, 0.25) is 8.32 Å². The van der Waals surface area contributed by atoms with Crippen LogP contribution in [0.2, 0.25) is 11.1 Å². The first-order chi connectivity index (χ1) is 9.98. The molecule has 0 radical (unpaired) electrons. The smallest absolute Gasteiger partial charge is 0.205 e. The van der Waals surface area contributed by atoms with Crippen LogP contribution >= 0.6 is 0 Å². The summed E-state index contributed by atoms with van der Waals surface area (Å²) in [5.74, 6) is 0. The van der Waals surface area contributed by atoms with Crippen LogP contribution in [0.1, 0.15) is 44.4 Å². The van der Waals surface area contributed by atoms with Gasteiger partial charge in [0.1, 0.15) is 0 Å². The van der Waals surface area contributed by atoms with Crippen molar-refractivity contribution in [2.75, 3.05) is 0 Å². The molecule has 0 aliphatic rings. The topological polar surface area (TPSA) is 20.2 Å². The van der Waals surface area contributed by atoms with Gasteiger partial charge in [-0.15, -0.1) is 0 Å². The van der Waals surface area contributed by atoms with Crippen molar-refractivity contribution < 1.29 is 4.80 Å². The fourth-order valence-corrected chi connectivity index (χ4v) is 7.47. The van der Waals surface area contributed by atoms with Gasteiger partial charge in [-0.1, -0.05) is 88.4 Å². The van der Waals surface area contributed by atoms with Crippen molar-refractivity contribution in [2.24, 2.45) is 0 Å². The summed E-state index contributed by atoms with van der Waals surface area (Å²) in [6.45, 7) is 8.69. The van der Waals surface area contributed by atoms with Crippen LogP contribution in [0.25, 0.3) is 0 Å². The zero-order valence-corrected chi connectivity index (χ0v) is 14.5. The van der Waals surface area contributed by atoms with Crippen molar-refractivity contribution in [1.29, 1.82) is 0 Å². The maximum atomic E-state index is 11.7. The van der Waals surface area contributed by atoms with Gasteiger partial charge in [-0.05, 0) is 22.2 Å². The van der Waals surface area contributed by atoms with E-state index in [-0.39, 0.29) is 5.54 Å². The Hall–Kier alpha value is -1.38. The Morgan fingerprint density at radius 3 is 1.29 bits per heavy atom. The first-order valence-corrected chi connectivity index (χ1v) is 9.98. The van der Waals surface area contributed by atoms with E-state index in [2.05, 4.69) is 76.2 Å². The van der Waals surface area contributed by atoms with Crippen molar-refractivity contribution in [3.63, 3.8) is 0 Å². The highest BCUT2D eigenvalue weighted by Crippen LogP contribution is 2.44. The first kappa shape index (κ1) is 16.0. The average molecular weight is 299 g/mol. The van der Waals surface area contributed by atoms with Gasteiger partial charge in [0, 0.05) is 5.54 Å². The molecule has 0 saturated heterocycles. The Morgan fingerprint density at radius 1 is 0.667 bits per heavy atom. The lowest BCUT2D eigenvalue weighted by Crippen LogP contribution is -2.48. The van der Waals surface area contributed by atoms with Crippen LogP contribution in [0.5, 0.6) is 0 Å². The second-order valence-electron chi connectivity index (χ2n) is 6.45. The molecule has 0 unspecified atom stereocenters. The van der Waals surface area contributed by atoms with Crippen LogP contribution < -0.4 is 0 Å². The Morgan fingerprint density at radius 2 is 1.00 bits per heavy atom. The molecule has 2 aromatic rings. The standard InChI is InChI=1S/C19H26OSi/c1-15(2)21(20,16(3)4)19(17-11-7-5-8-12-17)18-13-9-6-10-14-18/h5-16,19-20H,1-4H3. The lowest BCUT2D eigenvalue weighted by atomic mass is 10.0. The molecule has 0 aromatic heterocycles. The highest BCUT2D eigenvalue weighted by Gasteiger charge is 2.47. The number of hydrogen-bond acceptors (Lipinski definition) is 1. The molecule has 112 valence electrons. The molecule has 0 bridgehead atoms. The zero-order valence-electron chi connectivity index (χ0n) is 13.5. The summed E-state index contributed by atoms with van der Waals surface area (Å²) in [5.41, 5.74) is 3.21. The Labute approximate surface area is 129 Å². The average Bonchev–Trinajstić information content (AvgIpc) is 2.49. The van der Waals surface area contributed by atoms with Crippen LogP contribution in [0.4, 0.5) is 0 Å². The minimum Gasteiger partial charge on any atom is -0.430 e. The molecule has 2 heteroatoms. The highest BCUT2D eigenvalue weighted by molar-refractivity contribution is 6.77. The minimum atomic E-state index is -2.52. The molecule has 0 aliphatic carbocycles. The van der Waals surface area contributed by atoms with Gasteiger partial charge < -0.3 is 4.80 Å². The second kappa shape index (κ2) is 6.59. The maximum Gasteiger partial charge on any atom is 0.205 e. The molecular weight excluding hydrogens is 272 g/mol. The molecule has 21 heavy (non-hydrogen) atoms. The normalized spacial score (nSPS) is 12.4. The molecule has 1 nitrogen and oxygen atoms in total. The summed E-state index contributed by atoms with van der Waals surface area (Å²) in [4.78, 5) is 11.7. The Bertz CT molecular complexity index is 501. The van der Waals surface area contributed by atoms with Crippen molar-refractivity contribution >= 4 is 8.32 Å². The second-order valence-corrected chi connectivity index (χ2v) is 11.1. The quantitative estimate of drug-likeness (QED) is 0.760. The van der Waals surface area contributed by atoms with Crippen LogP contribution in [-0.4, -0.2) is 13.1 Å². The van der Waals surface area contributed by atoms with Crippen LogP contribution in [-0.2, 0) is 0 Å². The molecule has 0 atom stereocenters. The molecule has 2 rings (SSSR count). The predicted molar refractivity (Wildman–Crippen MR) is 92.9 cm³/mol. The molecule has 1 N–H and O–H groups in total. The summed E-state index contributed by atoms with van der Waals surface area (Å²) >= 11 is 0. The third-order valence-electron chi connectivity index (χ3n) is 4.58. The first-order valence-electron chi connectivity index (χ1n) is 7.80. The zero-order chi connectivity index (χ0) is 15.5. The van der Waals surface area contributed by atoms with E-state index in [0.717, 1.165) is 0 Å². The molecule has 0 spiro atoms. The van der Waals surface area contributed by atoms with Gasteiger partial charge in [0.25, 0.3) is 0 Å². The molecule has 2 aromatic carbocycles. The van der Waals surface area contributed by atoms with Crippen LogP contribution in [0.15, 0.2) is 60.7 Å². The number of hydrogen-bond donors (Lipinski definition) is 1. The van der Waals surface area contributed by atoms with E-state index in [1.165, 1.54) is 11.1 Å². The predicted octanol–water partition coefficient (Wildman–Crippen LogP) is 5.12. The van der Waals surface area contributed by atoms with E-state index in [0.29, 0.717) is 11.1 Å². The van der Waals surface area contributed by atoms with E-state index in [4.69, 9.17) is 0 Å². The van der Waals surface area contributed by atoms with E-state index in [9.17, 15) is 4.80 Å². The molecule has 0 amide bonds. The Kier molecular flexibility index (Phi) is 5.02.